The van der Waals surface area contributed by atoms with Crippen LogP contribution in [0, 0.1) is 11.8 Å². The van der Waals surface area contributed by atoms with Crippen molar-refractivity contribution < 1.29 is 0 Å². The molecule has 0 unspecified atom stereocenters. The van der Waals surface area contributed by atoms with E-state index in [2.05, 4.69) is 27.7 Å². The molecule has 0 nitrogen and oxygen atoms in total. The molecule has 0 saturated heterocycles. The van der Waals surface area contributed by atoms with Crippen molar-refractivity contribution in [2.45, 2.75) is 47.0 Å². The maximum absolute atomic E-state index is 2.27. The summed E-state index contributed by atoms with van der Waals surface area (Å²) in [5, 5.41) is 0. The van der Waals surface area contributed by atoms with E-state index in [-0.39, 0.29) is 0 Å². The van der Waals surface area contributed by atoms with Crippen LogP contribution in [-0.2, 0) is 0 Å². The molecule has 0 amide bonds. The first-order valence-electron chi connectivity index (χ1n) is 4.00. The smallest absolute Gasteiger partial charge is 0.0586 e. The fourth-order valence-corrected chi connectivity index (χ4v) is 0.744. The largest absolute Gasteiger partial charge is 0.314 e. The van der Waals surface area contributed by atoms with Gasteiger partial charge in [0.2, 0.25) is 0 Å². The van der Waals surface area contributed by atoms with Gasteiger partial charge < -0.3 is 5.92 Å². The van der Waals surface area contributed by atoms with Crippen molar-refractivity contribution >= 4 is 0 Å². The minimum absolute atomic E-state index is 0.788. The van der Waals surface area contributed by atoms with Crippen molar-refractivity contribution in [3.05, 3.63) is 5.92 Å². The normalized spacial score (nSPS) is 11.3. The number of hydrogen-bond donors (Lipinski definition) is 0. The molecule has 0 aromatic rings. The highest BCUT2D eigenvalue weighted by Gasteiger charge is 1.90. The van der Waals surface area contributed by atoms with Crippen molar-refractivity contribution in [1.82, 2.24) is 0 Å². The standard InChI is InChI=1S/C9H19/c1-5-6-7-9(4)8(2)3/h8H,5-7H2,1-4H3/q-1. The van der Waals surface area contributed by atoms with Gasteiger partial charge in [-0.2, -0.15) is 19.3 Å². The molecule has 0 spiro atoms. The highest BCUT2D eigenvalue weighted by atomic mass is 14.1. The van der Waals surface area contributed by atoms with Crippen LogP contribution in [0.4, 0.5) is 0 Å². The minimum Gasteiger partial charge on any atom is -0.314 e. The summed E-state index contributed by atoms with van der Waals surface area (Å²) in [5.74, 6) is 2.44. The molecule has 56 valence electrons. The second kappa shape index (κ2) is 4.84. The lowest BCUT2D eigenvalue weighted by molar-refractivity contribution is 0.581. The SMILES string of the molecule is CCCC[C-](C)C(C)C. The van der Waals surface area contributed by atoms with Crippen molar-refractivity contribution in [3.8, 4) is 0 Å². The lowest BCUT2D eigenvalue weighted by Gasteiger charge is -2.29. The molecule has 0 aliphatic carbocycles. The quantitative estimate of drug-likeness (QED) is 0.507. The molecule has 0 aromatic heterocycles. The Morgan fingerprint density at radius 1 is 1.33 bits per heavy atom. The maximum atomic E-state index is 2.27. The zero-order chi connectivity index (χ0) is 7.28. The second-order valence-electron chi connectivity index (χ2n) is 3.10. The summed E-state index contributed by atoms with van der Waals surface area (Å²) in [4.78, 5) is 0. The van der Waals surface area contributed by atoms with Crippen LogP contribution in [0.15, 0.2) is 0 Å². The van der Waals surface area contributed by atoms with Crippen LogP contribution in [-0.4, -0.2) is 0 Å². The van der Waals surface area contributed by atoms with Crippen LogP contribution in [0.5, 0.6) is 0 Å². The number of hydrogen-bond acceptors (Lipinski definition) is 0. The Bertz CT molecular complexity index is 55.1. The Hall–Kier alpha value is 0. The van der Waals surface area contributed by atoms with Gasteiger partial charge in [-0.3, -0.25) is 0 Å². The van der Waals surface area contributed by atoms with Gasteiger partial charge in [0, 0.05) is 0 Å². The van der Waals surface area contributed by atoms with Gasteiger partial charge in [-0.1, -0.05) is 33.6 Å². The summed E-state index contributed by atoms with van der Waals surface area (Å²) >= 11 is 0. The van der Waals surface area contributed by atoms with Crippen LogP contribution in [0.3, 0.4) is 0 Å². The first-order chi connectivity index (χ1) is 4.18. The van der Waals surface area contributed by atoms with E-state index < -0.39 is 0 Å². The van der Waals surface area contributed by atoms with Gasteiger partial charge in [0.15, 0.2) is 0 Å². The second-order valence-corrected chi connectivity index (χ2v) is 3.10. The van der Waals surface area contributed by atoms with Gasteiger partial charge in [-0.25, -0.2) is 0 Å². The molecule has 0 heterocycles. The minimum atomic E-state index is 0.788. The van der Waals surface area contributed by atoms with Crippen molar-refractivity contribution in [2.75, 3.05) is 0 Å². The topological polar surface area (TPSA) is 0 Å². The van der Waals surface area contributed by atoms with Crippen LogP contribution in [0.25, 0.3) is 0 Å². The van der Waals surface area contributed by atoms with E-state index in [4.69, 9.17) is 0 Å². The third kappa shape index (κ3) is 4.50. The molecule has 0 rings (SSSR count). The Kier molecular flexibility index (Phi) is 4.84. The molecule has 0 heteroatoms. The van der Waals surface area contributed by atoms with E-state index in [1.807, 2.05) is 0 Å². The summed E-state index contributed by atoms with van der Waals surface area (Å²) in [7, 11) is 0. The van der Waals surface area contributed by atoms with Gasteiger partial charge >= 0.3 is 0 Å². The molecule has 9 heavy (non-hydrogen) atoms. The Morgan fingerprint density at radius 2 is 1.89 bits per heavy atom. The predicted octanol–water partition coefficient (Wildman–Crippen LogP) is 3.43. The molecular weight excluding hydrogens is 108 g/mol. The van der Waals surface area contributed by atoms with Crippen molar-refractivity contribution in [3.63, 3.8) is 0 Å². The van der Waals surface area contributed by atoms with Crippen LogP contribution in [0.2, 0.25) is 0 Å². The summed E-state index contributed by atoms with van der Waals surface area (Å²) in [6.45, 7) is 9.05. The van der Waals surface area contributed by atoms with Gasteiger partial charge in [-0.15, -0.1) is 0 Å². The van der Waals surface area contributed by atoms with E-state index >= 15 is 0 Å². The molecule has 0 aromatic carbocycles. The van der Waals surface area contributed by atoms with E-state index in [0.717, 1.165) is 5.92 Å². The molecule has 0 bridgehead atoms. The summed E-state index contributed by atoms with van der Waals surface area (Å²) < 4.78 is 0. The lowest BCUT2D eigenvalue weighted by Crippen LogP contribution is -2.00. The number of unbranched alkanes of at least 4 members (excludes halogenated alkanes) is 1. The molecule has 0 N–H and O–H groups in total. The van der Waals surface area contributed by atoms with Crippen LogP contribution in [0.1, 0.15) is 47.0 Å². The van der Waals surface area contributed by atoms with Gasteiger partial charge in [0.1, 0.15) is 0 Å². The predicted molar refractivity (Wildman–Crippen MR) is 43.3 cm³/mol. The summed E-state index contributed by atoms with van der Waals surface area (Å²) in [5.41, 5.74) is 0. The maximum Gasteiger partial charge on any atom is -0.0586 e. The third-order valence-corrected chi connectivity index (χ3v) is 1.91. The molecule has 0 fully saturated rings. The molecule has 0 radical (unpaired) electrons. The van der Waals surface area contributed by atoms with E-state index in [9.17, 15) is 0 Å². The van der Waals surface area contributed by atoms with E-state index in [1.165, 1.54) is 19.3 Å². The monoisotopic (exact) mass is 127 g/mol. The van der Waals surface area contributed by atoms with Crippen molar-refractivity contribution in [2.24, 2.45) is 5.92 Å². The molecule has 0 aliphatic rings. The van der Waals surface area contributed by atoms with E-state index in [1.54, 1.807) is 5.92 Å². The Morgan fingerprint density at radius 3 is 2.22 bits per heavy atom. The Labute approximate surface area is 59.7 Å². The molecule has 0 saturated carbocycles. The fraction of sp³-hybridized carbons (Fsp3) is 0.889. The molecular formula is C9H19-. The van der Waals surface area contributed by atoms with Crippen LogP contribution < -0.4 is 0 Å². The van der Waals surface area contributed by atoms with Crippen LogP contribution >= 0.6 is 0 Å². The molecule has 0 atom stereocenters. The van der Waals surface area contributed by atoms with Gasteiger partial charge in [0.05, 0.1) is 0 Å². The summed E-state index contributed by atoms with van der Waals surface area (Å²) in [6.07, 6.45) is 4.02. The third-order valence-electron chi connectivity index (χ3n) is 1.91. The van der Waals surface area contributed by atoms with Gasteiger partial charge in [-0.05, 0) is 0 Å². The van der Waals surface area contributed by atoms with Gasteiger partial charge in [0.25, 0.3) is 0 Å². The first kappa shape index (κ1) is 9.00. The highest BCUT2D eigenvalue weighted by molar-refractivity contribution is 4.86. The average Bonchev–Trinajstić information content (AvgIpc) is 1.82. The zero-order valence-corrected chi connectivity index (χ0v) is 7.20. The zero-order valence-electron chi connectivity index (χ0n) is 7.20. The highest BCUT2D eigenvalue weighted by Crippen LogP contribution is 2.18. The summed E-state index contributed by atoms with van der Waals surface area (Å²) in [6, 6.07) is 0. The first-order valence-corrected chi connectivity index (χ1v) is 4.00. The molecule has 0 aliphatic heterocycles. The van der Waals surface area contributed by atoms with E-state index in [0.29, 0.717) is 0 Å². The fourth-order valence-electron chi connectivity index (χ4n) is 0.744. The lowest BCUT2D eigenvalue weighted by atomic mass is 9.93. The average molecular weight is 127 g/mol. The Balaban J connectivity index is 3.16. The van der Waals surface area contributed by atoms with Crippen molar-refractivity contribution in [1.29, 1.82) is 0 Å². The number of rotatable bonds is 4.